The molecule has 1 unspecified atom stereocenters. The summed E-state index contributed by atoms with van der Waals surface area (Å²) in [7, 11) is 0. The first-order valence-electron chi connectivity index (χ1n) is 6.87. The van der Waals surface area contributed by atoms with E-state index in [1.165, 1.54) is 0 Å². The van der Waals surface area contributed by atoms with Crippen LogP contribution in [0.15, 0.2) is 29.2 Å². The van der Waals surface area contributed by atoms with E-state index >= 15 is 0 Å². The number of morpholine rings is 1. The van der Waals surface area contributed by atoms with Gasteiger partial charge in [0, 0.05) is 18.0 Å². The van der Waals surface area contributed by atoms with Crippen molar-refractivity contribution in [3.8, 4) is 0 Å². The first-order valence-corrected chi connectivity index (χ1v) is 8.13. The van der Waals surface area contributed by atoms with Crippen molar-refractivity contribution >= 4 is 29.3 Å². The van der Waals surface area contributed by atoms with E-state index in [4.69, 9.17) is 16.3 Å². The fourth-order valence-corrected chi connectivity index (χ4v) is 3.52. The highest BCUT2D eigenvalue weighted by Gasteiger charge is 2.29. The Morgan fingerprint density at radius 2 is 1.95 bits per heavy atom. The van der Waals surface area contributed by atoms with Crippen LogP contribution in [0.25, 0.3) is 0 Å². The van der Waals surface area contributed by atoms with Crippen molar-refractivity contribution in [2.45, 2.75) is 24.0 Å². The molecule has 1 aromatic rings. The number of hydrogen-bond donors (Lipinski definition) is 0. The predicted molar refractivity (Wildman–Crippen MR) is 83.3 cm³/mol. The van der Waals surface area contributed by atoms with Gasteiger partial charge in [0.2, 0.25) is 5.91 Å². The average molecular weight is 314 g/mol. The lowest BCUT2D eigenvalue weighted by atomic mass is 10.1. The van der Waals surface area contributed by atoms with Crippen molar-refractivity contribution in [1.82, 2.24) is 4.90 Å². The molecule has 1 aliphatic rings. The molecule has 0 saturated carbocycles. The Kier molecular flexibility index (Phi) is 5.75. The quantitative estimate of drug-likeness (QED) is 0.799. The van der Waals surface area contributed by atoms with Gasteiger partial charge in [-0.25, -0.2) is 0 Å². The second-order valence-corrected chi connectivity index (χ2v) is 6.74. The van der Waals surface area contributed by atoms with Gasteiger partial charge in [0.05, 0.1) is 23.5 Å². The highest BCUT2D eigenvalue weighted by atomic mass is 35.5. The number of halogens is 1. The van der Waals surface area contributed by atoms with Crippen LogP contribution in [0.4, 0.5) is 0 Å². The Labute approximate surface area is 129 Å². The molecule has 1 fully saturated rings. The Balaban J connectivity index is 2.10. The molecule has 0 aromatic heterocycles. The minimum absolute atomic E-state index is 0.104. The van der Waals surface area contributed by atoms with Gasteiger partial charge in [-0.1, -0.05) is 37.6 Å². The zero-order valence-corrected chi connectivity index (χ0v) is 13.4. The van der Waals surface area contributed by atoms with Crippen LogP contribution in [0.1, 0.15) is 13.8 Å². The standard InChI is InChI=1S/C15H20ClNO2S/c1-11(2)14(15(18)17-7-9-19-10-8-17)20-13-6-4-3-5-12(13)16/h3-6,11,14H,7-10H2,1-2H3. The van der Waals surface area contributed by atoms with Crippen molar-refractivity contribution in [3.05, 3.63) is 29.3 Å². The van der Waals surface area contributed by atoms with Crippen LogP contribution >= 0.6 is 23.4 Å². The molecule has 110 valence electrons. The van der Waals surface area contributed by atoms with E-state index in [1.54, 1.807) is 11.8 Å². The van der Waals surface area contributed by atoms with Crippen LogP contribution in [0, 0.1) is 5.92 Å². The van der Waals surface area contributed by atoms with Crippen molar-refractivity contribution in [3.63, 3.8) is 0 Å². The predicted octanol–water partition coefficient (Wildman–Crippen LogP) is 3.32. The molecule has 0 spiro atoms. The molecule has 1 aliphatic heterocycles. The summed E-state index contributed by atoms with van der Waals surface area (Å²) >= 11 is 7.76. The molecular weight excluding hydrogens is 294 g/mol. The third-order valence-corrected chi connectivity index (χ3v) is 5.31. The molecular formula is C15H20ClNO2S. The molecule has 0 aliphatic carbocycles. The molecule has 1 aromatic carbocycles. The summed E-state index contributed by atoms with van der Waals surface area (Å²) in [5.74, 6) is 0.444. The van der Waals surface area contributed by atoms with E-state index < -0.39 is 0 Å². The Hall–Kier alpha value is -0.710. The number of ether oxygens (including phenoxy) is 1. The Morgan fingerprint density at radius 3 is 2.55 bits per heavy atom. The lowest BCUT2D eigenvalue weighted by molar-refractivity contribution is -0.135. The second kappa shape index (κ2) is 7.34. The van der Waals surface area contributed by atoms with Crippen LogP contribution in [0.5, 0.6) is 0 Å². The Bertz CT molecular complexity index is 461. The van der Waals surface area contributed by atoms with E-state index in [2.05, 4.69) is 13.8 Å². The topological polar surface area (TPSA) is 29.5 Å². The van der Waals surface area contributed by atoms with Crippen LogP contribution in [0.2, 0.25) is 5.02 Å². The summed E-state index contributed by atoms with van der Waals surface area (Å²) in [6.07, 6.45) is 0. The molecule has 0 bridgehead atoms. The maximum absolute atomic E-state index is 12.7. The molecule has 1 amide bonds. The van der Waals surface area contributed by atoms with Crippen LogP contribution in [-0.4, -0.2) is 42.4 Å². The number of rotatable bonds is 4. The van der Waals surface area contributed by atoms with Crippen LogP contribution in [0.3, 0.4) is 0 Å². The summed E-state index contributed by atoms with van der Waals surface area (Å²) in [6, 6.07) is 7.68. The van der Waals surface area contributed by atoms with Crippen molar-refractivity contribution in [2.24, 2.45) is 5.92 Å². The third kappa shape index (κ3) is 3.90. The summed E-state index contributed by atoms with van der Waals surface area (Å²) < 4.78 is 5.31. The molecule has 1 saturated heterocycles. The third-order valence-electron chi connectivity index (χ3n) is 3.26. The normalized spacial score (nSPS) is 17.3. The fourth-order valence-electron chi connectivity index (χ4n) is 2.11. The van der Waals surface area contributed by atoms with Crippen LogP contribution < -0.4 is 0 Å². The van der Waals surface area contributed by atoms with E-state index in [9.17, 15) is 4.79 Å². The van der Waals surface area contributed by atoms with Gasteiger partial charge in [-0.05, 0) is 18.1 Å². The zero-order chi connectivity index (χ0) is 14.5. The van der Waals surface area contributed by atoms with Gasteiger partial charge in [-0.15, -0.1) is 11.8 Å². The van der Waals surface area contributed by atoms with E-state index in [0.717, 1.165) is 4.90 Å². The van der Waals surface area contributed by atoms with Gasteiger partial charge in [0.1, 0.15) is 0 Å². The number of hydrogen-bond acceptors (Lipinski definition) is 3. The number of benzene rings is 1. The molecule has 1 heterocycles. The summed E-state index contributed by atoms with van der Waals surface area (Å²) in [5, 5.41) is 0.603. The highest BCUT2D eigenvalue weighted by molar-refractivity contribution is 8.00. The maximum Gasteiger partial charge on any atom is 0.236 e. The first-order chi connectivity index (χ1) is 9.59. The van der Waals surface area contributed by atoms with Gasteiger partial charge >= 0.3 is 0 Å². The van der Waals surface area contributed by atoms with Gasteiger partial charge in [-0.2, -0.15) is 0 Å². The number of thioether (sulfide) groups is 1. The maximum atomic E-state index is 12.7. The summed E-state index contributed by atoms with van der Waals surface area (Å²) in [4.78, 5) is 15.5. The summed E-state index contributed by atoms with van der Waals surface area (Å²) in [6.45, 7) is 6.79. The fraction of sp³-hybridized carbons (Fsp3) is 0.533. The largest absolute Gasteiger partial charge is 0.378 e. The highest BCUT2D eigenvalue weighted by Crippen LogP contribution is 2.34. The number of carbonyl (C=O) groups is 1. The van der Waals surface area contributed by atoms with Crippen molar-refractivity contribution < 1.29 is 9.53 Å². The van der Waals surface area contributed by atoms with Crippen molar-refractivity contribution in [1.29, 1.82) is 0 Å². The average Bonchev–Trinajstić information content (AvgIpc) is 2.46. The minimum atomic E-state index is -0.104. The molecule has 0 radical (unpaired) electrons. The SMILES string of the molecule is CC(C)C(Sc1ccccc1Cl)C(=O)N1CCOCC1. The molecule has 2 rings (SSSR count). The first kappa shape index (κ1) is 15.7. The molecule has 1 atom stereocenters. The minimum Gasteiger partial charge on any atom is -0.378 e. The molecule has 0 N–H and O–H groups in total. The lowest BCUT2D eigenvalue weighted by Crippen LogP contribution is -2.46. The smallest absolute Gasteiger partial charge is 0.236 e. The van der Waals surface area contributed by atoms with E-state index in [-0.39, 0.29) is 17.1 Å². The van der Waals surface area contributed by atoms with E-state index in [0.29, 0.717) is 31.3 Å². The number of amides is 1. The van der Waals surface area contributed by atoms with Gasteiger partial charge in [0.25, 0.3) is 0 Å². The second-order valence-electron chi connectivity index (χ2n) is 5.15. The summed E-state index contributed by atoms with van der Waals surface area (Å²) in [5.41, 5.74) is 0. The molecule has 3 nitrogen and oxygen atoms in total. The zero-order valence-electron chi connectivity index (χ0n) is 11.8. The van der Waals surface area contributed by atoms with Gasteiger partial charge in [-0.3, -0.25) is 4.79 Å². The van der Waals surface area contributed by atoms with E-state index in [1.807, 2.05) is 29.2 Å². The molecule has 20 heavy (non-hydrogen) atoms. The molecule has 5 heteroatoms. The monoisotopic (exact) mass is 313 g/mol. The Morgan fingerprint density at radius 1 is 1.30 bits per heavy atom. The lowest BCUT2D eigenvalue weighted by Gasteiger charge is -2.31. The van der Waals surface area contributed by atoms with Gasteiger partial charge in [0.15, 0.2) is 0 Å². The van der Waals surface area contributed by atoms with Gasteiger partial charge < -0.3 is 9.64 Å². The number of nitrogens with zero attached hydrogens (tertiary/aromatic N) is 1. The van der Waals surface area contributed by atoms with Crippen LogP contribution in [-0.2, 0) is 9.53 Å². The number of carbonyl (C=O) groups excluding carboxylic acids is 1. The van der Waals surface area contributed by atoms with Crippen molar-refractivity contribution in [2.75, 3.05) is 26.3 Å².